The summed E-state index contributed by atoms with van der Waals surface area (Å²) in [6.07, 6.45) is 0. The second kappa shape index (κ2) is 8.84. The van der Waals surface area contributed by atoms with Gasteiger partial charge in [-0.15, -0.1) is 0 Å². The van der Waals surface area contributed by atoms with E-state index in [4.69, 9.17) is 14.9 Å². The van der Waals surface area contributed by atoms with Crippen molar-refractivity contribution in [3.05, 3.63) is 0 Å². The highest BCUT2D eigenvalue weighted by atomic mass is 16.5. The molecule has 0 bridgehead atoms. The Morgan fingerprint density at radius 3 is 1.70 bits per heavy atom. The molecule has 4 heteroatoms. The fraction of sp³-hybridized carbons (Fsp3) is 1.00. The molecule has 0 aromatic heterocycles. The van der Waals surface area contributed by atoms with E-state index in [1.165, 1.54) is 0 Å². The highest BCUT2D eigenvalue weighted by Crippen LogP contribution is 1.76. The van der Waals surface area contributed by atoms with Crippen LogP contribution in [0.25, 0.3) is 0 Å². The number of hydrogen-bond acceptors (Lipinski definition) is 4. The zero-order chi connectivity index (χ0) is 7.66. The maximum absolute atomic E-state index is 7.62. The first-order chi connectivity index (χ1) is 4.91. The standard InChI is InChI=1S/C4H9NO.C2H6O2/c1-3-6-4-2-5-1;3-1-2-4/h5H,1-4H2;3-4H,1-2H2. The molecule has 1 aliphatic heterocycles. The fourth-order valence-electron chi connectivity index (χ4n) is 0.516. The van der Waals surface area contributed by atoms with Gasteiger partial charge in [-0.25, -0.2) is 0 Å². The van der Waals surface area contributed by atoms with Crippen LogP contribution in [0.5, 0.6) is 0 Å². The van der Waals surface area contributed by atoms with Crippen molar-refractivity contribution in [1.29, 1.82) is 0 Å². The molecule has 10 heavy (non-hydrogen) atoms. The van der Waals surface area contributed by atoms with Crippen LogP contribution in [-0.4, -0.2) is 49.7 Å². The van der Waals surface area contributed by atoms with Crippen molar-refractivity contribution < 1.29 is 14.9 Å². The van der Waals surface area contributed by atoms with E-state index in [9.17, 15) is 0 Å². The maximum atomic E-state index is 7.62. The van der Waals surface area contributed by atoms with Crippen LogP contribution in [-0.2, 0) is 4.74 Å². The molecule has 0 saturated carbocycles. The summed E-state index contributed by atoms with van der Waals surface area (Å²) in [4.78, 5) is 0. The Morgan fingerprint density at radius 1 is 1.10 bits per heavy atom. The predicted molar refractivity (Wildman–Crippen MR) is 37.9 cm³/mol. The van der Waals surface area contributed by atoms with Gasteiger partial charge in [0.2, 0.25) is 0 Å². The third-order valence-corrected chi connectivity index (χ3v) is 0.946. The summed E-state index contributed by atoms with van der Waals surface area (Å²) < 4.78 is 5.01. The molecule has 4 nitrogen and oxygen atoms in total. The molecule has 1 fully saturated rings. The average Bonchev–Trinajstić information content (AvgIpc) is 2.08. The third-order valence-electron chi connectivity index (χ3n) is 0.946. The Hall–Kier alpha value is -0.160. The van der Waals surface area contributed by atoms with Gasteiger partial charge in [0, 0.05) is 13.1 Å². The van der Waals surface area contributed by atoms with E-state index in [0.717, 1.165) is 26.3 Å². The lowest BCUT2D eigenvalue weighted by Crippen LogP contribution is -2.30. The van der Waals surface area contributed by atoms with Gasteiger partial charge in [0.05, 0.1) is 26.4 Å². The molecule has 0 radical (unpaired) electrons. The van der Waals surface area contributed by atoms with Crippen molar-refractivity contribution in [1.82, 2.24) is 5.32 Å². The molecular formula is C6H15NO3. The Morgan fingerprint density at radius 2 is 1.60 bits per heavy atom. The average molecular weight is 149 g/mol. The molecule has 0 aromatic carbocycles. The van der Waals surface area contributed by atoms with E-state index in [-0.39, 0.29) is 13.2 Å². The van der Waals surface area contributed by atoms with Crippen molar-refractivity contribution in [2.75, 3.05) is 39.5 Å². The van der Waals surface area contributed by atoms with Gasteiger partial charge in [-0.1, -0.05) is 0 Å². The summed E-state index contributed by atoms with van der Waals surface area (Å²) in [5.41, 5.74) is 0. The minimum Gasteiger partial charge on any atom is -0.394 e. The fourth-order valence-corrected chi connectivity index (χ4v) is 0.516. The summed E-state index contributed by atoms with van der Waals surface area (Å²) in [6.45, 7) is 3.58. The molecule has 1 heterocycles. The lowest BCUT2D eigenvalue weighted by Gasteiger charge is -2.10. The van der Waals surface area contributed by atoms with Crippen LogP contribution in [0.4, 0.5) is 0 Å². The molecule has 0 atom stereocenters. The molecule has 1 rings (SSSR count). The molecule has 0 unspecified atom stereocenters. The van der Waals surface area contributed by atoms with Crippen molar-refractivity contribution in [3.8, 4) is 0 Å². The normalized spacial score (nSPS) is 17.4. The van der Waals surface area contributed by atoms with Crippen molar-refractivity contribution in [2.24, 2.45) is 0 Å². The van der Waals surface area contributed by atoms with Crippen LogP contribution in [0.3, 0.4) is 0 Å². The van der Waals surface area contributed by atoms with E-state index in [2.05, 4.69) is 5.32 Å². The summed E-state index contributed by atoms with van der Waals surface area (Å²) in [7, 11) is 0. The highest BCUT2D eigenvalue weighted by Gasteiger charge is 1.92. The zero-order valence-corrected chi connectivity index (χ0v) is 6.05. The molecule has 0 amide bonds. The van der Waals surface area contributed by atoms with Gasteiger partial charge in [-0.3, -0.25) is 0 Å². The van der Waals surface area contributed by atoms with Crippen LogP contribution in [0.2, 0.25) is 0 Å². The first kappa shape index (κ1) is 9.84. The van der Waals surface area contributed by atoms with Gasteiger partial charge in [0.15, 0.2) is 0 Å². The topological polar surface area (TPSA) is 61.7 Å². The monoisotopic (exact) mass is 149 g/mol. The van der Waals surface area contributed by atoms with Crippen LogP contribution in [0, 0.1) is 0 Å². The Labute approximate surface area is 60.8 Å². The lowest BCUT2D eigenvalue weighted by atomic mass is 10.5. The number of nitrogens with one attached hydrogen (secondary N) is 1. The molecule has 62 valence electrons. The summed E-state index contributed by atoms with van der Waals surface area (Å²) in [5.74, 6) is 0. The zero-order valence-electron chi connectivity index (χ0n) is 6.05. The second-order valence-corrected chi connectivity index (χ2v) is 1.81. The maximum Gasteiger partial charge on any atom is 0.0662 e. The number of aliphatic hydroxyl groups is 2. The Balaban J connectivity index is 0.000000180. The van der Waals surface area contributed by atoms with E-state index in [1.54, 1.807) is 0 Å². The second-order valence-electron chi connectivity index (χ2n) is 1.81. The molecule has 0 spiro atoms. The summed E-state index contributed by atoms with van der Waals surface area (Å²) in [6, 6.07) is 0. The van der Waals surface area contributed by atoms with Crippen molar-refractivity contribution in [3.63, 3.8) is 0 Å². The first-order valence-corrected chi connectivity index (χ1v) is 3.42. The SMILES string of the molecule is C1COCCN1.OCCO. The summed E-state index contributed by atoms with van der Waals surface area (Å²) >= 11 is 0. The van der Waals surface area contributed by atoms with E-state index in [1.807, 2.05) is 0 Å². The molecular weight excluding hydrogens is 134 g/mol. The van der Waals surface area contributed by atoms with E-state index in [0.29, 0.717) is 0 Å². The number of hydrogen-bond donors (Lipinski definition) is 3. The Bertz CT molecular complexity index is 43.4. The molecule has 1 saturated heterocycles. The predicted octanol–water partition coefficient (Wildman–Crippen LogP) is -1.42. The van der Waals surface area contributed by atoms with Crippen molar-refractivity contribution >= 4 is 0 Å². The van der Waals surface area contributed by atoms with Crippen LogP contribution >= 0.6 is 0 Å². The minimum absolute atomic E-state index is 0.125. The van der Waals surface area contributed by atoms with Gasteiger partial charge in [-0.05, 0) is 0 Å². The van der Waals surface area contributed by atoms with E-state index >= 15 is 0 Å². The number of aliphatic hydroxyl groups excluding tert-OH is 2. The van der Waals surface area contributed by atoms with Gasteiger partial charge in [0.1, 0.15) is 0 Å². The van der Waals surface area contributed by atoms with Crippen LogP contribution < -0.4 is 5.32 Å². The molecule has 1 aliphatic rings. The van der Waals surface area contributed by atoms with Gasteiger partial charge in [-0.2, -0.15) is 0 Å². The summed E-state index contributed by atoms with van der Waals surface area (Å²) in [5, 5.41) is 18.4. The lowest BCUT2D eigenvalue weighted by molar-refractivity contribution is 0.109. The molecule has 0 aliphatic carbocycles. The number of rotatable bonds is 1. The minimum atomic E-state index is -0.125. The smallest absolute Gasteiger partial charge is 0.0662 e. The van der Waals surface area contributed by atoms with Gasteiger partial charge < -0.3 is 20.3 Å². The molecule has 3 N–H and O–H groups in total. The van der Waals surface area contributed by atoms with Crippen LogP contribution in [0.15, 0.2) is 0 Å². The third kappa shape index (κ3) is 7.84. The quantitative estimate of drug-likeness (QED) is 0.428. The number of morpholine rings is 1. The Kier molecular flexibility index (Phi) is 8.70. The van der Waals surface area contributed by atoms with Gasteiger partial charge >= 0.3 is 0 Å². The first-order valence-electron chi connectivity index (χ1n) is 3.42. The largest absolute Gasteiger partial charge is 0.394 e. The van der Waals surface area contributed by atoms with Gasteiger partial charge in [0.25, 0.3) is 0 Å². The highest BCUT2D eigenvalue weighted by molar-refractivity contribution is 4.49. The number of ether oxygens (including phenoxy) is 1. The van der Waals surface area contributed by atoms with Crippen molar-refractivity contribution in [2.45, 2.75) is 0 Å². The molecule has 0 aromatic rings. The van der Waals surface area contributed by atoms with Crippen LogP contribution in [0.1, 0.15) is 0 Å². The van der Waals surface area contributed by atoms with E-state index < -0.39 is 0 Å².